The molecule has 0 saturated heterocycles. The molecule has 0 saturated carbocycles. The molecule has 0 atom stereocenters. The van der Waals surface area contributed by atoms with Gasteiger partial charge in [-0.1, -0.05) is 23.4 Å². The lowest BCUT2D eigenvalue weighted by molar-refractivity contribution is 0.184. The minimum Gasteiger partial charge on any atom is -0.456 e. The number of nitrogens with zero attached hydrogens (tertiary/aromatic N) is 1. The predicted molar refractivity (Wildman–Crippen MR) is 76.1 cm³/mol. The molecule has 0 radical (unpaired) electrons. The second-order valence-electron chi connectivity index (χ2n) is 4.28. The van der Waals surface area contributed by atoms with Gasteiger partial charge in [0.2, 0.25) is 0 Å². The molecule has 2 aromatic rings. The molecule has 0 fully saturated rings. The molecule has 0 amide bonds. The Labute approximate surface area is 121 Å². The first-order chi connectivity index (χ1) is 10.2. The monoisotopic (exact) mass is 290 g/mol. The Bertz CT molecular complexity index is 659. The Hall–Kier alpha value is -2.60. The molecule has 110 valence electrons. The van der Waals surface area contributed by atoms with Crippen LogP contribution in [0.15, 0.2) is 47.6 Å². The van der Waals surface area contributed by atoms with Gasteiger partial charge in [-0.25, -0.2) is 4.39 Å². The average Bonchev–Trinajstić information content (AvgIpc) is 2.47. The number of methoxy groups -OCH3 is 1. The third-order valence-electron chi connectivity index (χ3n) is 2.78. The smallest absolute Gasteiger partial charge is 0.176 e. The highest BCUT2D eigenvalue weighted by Crippen LogP contribution is 2.27. The van der Waals surface area contributed by atoms with Gasteiger partial charge >= 0.3 is 0 Å². The van der Waals surface area contributed by atoms with Crippen LogP contribution in [-0.2, 0) is 11.3 Å². The summed E-state index contributed by atoms with van der Waals surface area (Å²) in [6.07, 6.45) is 0. The Morgan fingerprint density at radius 3 is 2.76 bits per heavy atom. The largest absolute Gasteiger partial charge is 0.456 e. The average molecular weight is 290 g/mol. The number of hydrogen-bond donors (Lipinski definition) is 2. The van der Waals surface area contributed by atoms with Crippen molar-refractivity contribution in [2.45, 2.75) is 6.61 Å². The zero-order valence-corrected chi connectivity index (χ0v) is 11.4. The van der Waals surface area contributed by atoms with Crippen molar-refractivity contribution in [1.82, 2.24) is 0 Å². The number of nitrogens with two attached hydrogens (primary N) is 1. The first-order valence-electron chi connectivity index (χ1n) is 6.18. The normalized spacial score (nSPS) is 11.4. The quantitative estimate of drug-likeness (QED) is 0.384. The third-order valence-corrected chi connectivity index (χ3v) is 2.78. The van der Waals surface area contributed by atoms with Crippen molar-refractivity contribution in [3.8, 4) is 11.5 Å². The minimum atomic E-state index is -0.629. The van der Waals surface area contributed by atoms with Crippen LogP contribution in [0.4, 0.5) is 4.39 Å². The molecule has 0 aliphatic rings. The maximum absolute atomic E-state index is 13.8. The number of amidine groups is 1. The Kier molecular flexibility index (Phi) is 4.73. The van der Waals surface area contributed by atoms with Gasteiger partial charge < -0.3 is 20.4 Å². The molecule has 0 bridgehead atoms. The molecule has 0 spiro atoms. The summed E-state index contributed by atoms with van der Waals surface area (Å²) in [5.41, 5.74) is 6.31. The van der Waals surface area contributed by atoms with Crippen LogP contribution in [0.3, 0.4) is 0 Å². The summed E-state index contributed by atoms with van der Waals surface area (Å²) in [5, 5.41) is 11.6. The summed E-state index contributed by atoms with van der Waals surface area (Å²) in [5.74, 6) is -0.311. The summed E-state index contributed by atoms with van der Waals surface area (Å²) < 4.78 is 24.5. The highest BCUT2D eigenvalue weighted by atomic mass is 19.1. The van der Waals surface area contributed by atoms with Gasteiger partial charge in [-0.2, -0.15) is 0 Å². The highest BCUT2D eigenvalue weighted by molar-refractivity contribution is 5.99. The lowest BCUT2D eigenvalue weighted by Gasteiger charge is -2.11. The zero-order valence-electron chi connectivity index (χ0n) is 11.4. The van der Waals surface area contributed by atoms with Crippen LogP contribution in [0.25, 0.3) is 0 Å². The lowest BCUT2D eigenvalue weighted by atomic mass is 10.1. The second-order valence-corrected chi connectivity index (χ2v) is 4.28. The van der Waals surface area contributed by atoms with Crippen LogP contribution in [-0.4, -0.2) is 18.2 Å². The van der Waals surface area contributed by atoms with E-state index in [1.54, 1.807) is 31.4 Å². The summed E-state index contributed by atoms with van der Waals surface area (Å²) >= 11 is 0. The molecule has 0 aliphatic carbocycles. The molecule has 0 aromatic heterocycles. The van der Waals surface area contributed by atoms with Crippen LogP contribution >= 0.6 is 0 Å². The van der Waals surface area contributed by atoms with E-state index >= 15 is 0 Å². The van der Waals surface area contributed by atoms with E-state index in [9.17, 15) is 4.39 Å². The van der Waals surface area contributed by atoms with E-state index < -0.39 is 5.82 Å². The van der Waals surface area contributed by atoms with E-state index in [2.05, 4.69) is 5.16 Å². The van der Waals surface area contributed by atoms with Gasteiger partial charge in [-0.05, 0) is 29.8 Å². The molecule has 0 aliphatic heterocycles. The Morgan fingerprint density at radius 1 is 1.29 bits per heavy atom. The SMILES string of the molecule is COCc1cccc(Oc2cccc(F)c2C(N)=NO)c1. The molecule has 6 heteroatoms. The number of halogens is 1. The first kappa shape index (κ1) is 14.8. The molecule has 5 nitrogen and oxygen atoms in total. The third kappa shape index (κ3) is 3.49. The lowest BCUT2D eigenvalue weighted by Crippen LogP contribution is -2.16. The summed E-state index contributed by atoms with van der Waals surface area (Å²) in [4.78, 5) is 0. The summed E-state index contributed by atoms with van der Waals surface area (Å²) in [6, 6.07) is 11.4. The predicted octanol–water partition coefficient (Wildman–Crippen LogP) is 2.86. The maximum atomic E-state index is 13.8. The highest BCUT2D eigenvalue weighted by Gasteiger charge is 2.15. The number of oxime groups is 1. The first-order valence-corrected chi connectivity index (χ1v) is 6.18. The Balaban J connectivity index is 2.36. The van der Waals surface area contributed by atoms with Crippen LogP contribution in [0.5, 0.6) is 11.5 Å². The van der Waals surface area contributed by atoms with Crippen molar-refractivity contribution in [3.63, 3.8) is 0 Å². The van der Waals surface area contributed by atoms with Crippen LogP contribution < -0.4 is 10.5 Å². The van der Waals surface area contributed by atoms with Gasteiger partial charge in [0.15, 0.2) is 5.84 Å². The van der Waals surface area contributed by atoms with E-state index in [0.717, 1.165) is 5.56 Å². The number of rotatable bonds is 5. The van der Waals surface area contributed by atoms with Crippen LogP contribution in [0.1, 0.15) is 11.1 Å². The van der Waals surface area contributed by atoms with E-state index in [1.165, 1.54) is 12.1 Å². The standard InChI is InChI=1S/C15H15FN2O3/c1-20-9-10-4-2-5-11(8-10)21-13-7-3-6-12(16)14(13)15(17)18-19/h2-8,19H,9H2,1H3,(H2,17,18). The van der Waals surface area contributed by atoms with E-state index in [1.807, 2.05) is 6.07 Å². The summed E-state index contributed by atoms with van der Waals surface area (Å²) in [6.45, 7) is 0.438. The fourth-order valence-electron chi connectivity index (χ4n) is 1.88. The van der Waals surface area contributed by atoms with Gasteiger partial charge in [-0.3, -0.25) is 0 Å². The topological polar surface area (TPSA) is 77.1 Å². The van der Waals surface area contributed by atoms with E-state index in [-0.39, 0.29) is 17.1 Å². The molecule has 2 aromatic carbocycles. The fraction of sp³-hybridized carbons (Fsp3) is 0.133. The van der Waals surface area contributed by atoms with E-state index in [4.69, 9.17) is 20.4 Å². The van der Waals surface area contributed by atoms with Crippen molar-refractivity contribution in [1.29, 1.82) is 0 Å². The fourth-order valence-corrected chi connectivity index (χ4v) is 1.88. The van der Waals surface area contributed by atoms with Gasteiger partial charge in [0.25, 0.3) is 0 Å². The molecule has 0 heterocycles. The maximum Gasteiger partial charge on any atom is 0.176 e. The minimum absolute atomic E-state index is 0.0860. The molecule has 3 N–H and O–H groups in total. The molecular weight excluding hydrogens is 275 g/mol. The molecule has 21 heavy (non-hydrogen) atoms. The number of benzene rings is 2. The Morgan fingerprint density at radius 2 is 2.05 bits per heavy atom. The van der Waals surface area contributed by atoms with Crippen molar-refractivity contribution in [2.24, 2.45) is 10.9 Å². The van der Waals surface area contributed by atoms with Gasteiger partial charge in [0.1, 0.15) is 17.3 Å². The molecular formula is C15H15FN2O3. The van der Waals surface area contributed by atoms with Gasteiger partial charge in [0.05, 0.1) is 12.2 Å². The van der Waals surface area contributed by atoms with E-state index in [0.29, 0.717) is 12.4 Å². The number of ether oxygens (including phenoxy) is 2. The van der Waals surface area contributed by atoms with Crippen LogP contribution in [0, 0.1) is 5.82 Å². The molecule has 0 unspecified atom stereocenters. The van der Waals surface area contributed by atoms with Crippen molar-refractivity contribution < 1.29 is 19.1 Å². The van der Waals surface area contributed by atoms with Gasteiger partial charge in [0, 0.05) is 7.11 Å². The van der Waals surface area contributed by atoms with Crippen LogP contribution in [0.2, 0.25) is 0 Å². The van der Waals surface area contributed by atoms with Crippen molar-refractivity contribution in [3.05, 3.63) is 59.4 Å². The number of hydrogen-bond acceptors (Lipinski definition) is 4. The van der Waals surface area contributed by atoms with Crippen molar-refractivity contribution in [2.75, 3.05) is 7.11 Å². The van der Waals surface area contributed by atoms with Crippen molar-refractivity contribution >= 4 is 5.84 Å². The second kappa shape index (κ2) is 6.71. The van der Waals surface area contributed by atoms with Gasteiger partial charge in [-0.15, -0.1) is 0 Å². The summed E-state index contributed by atoms with van der Waals surface area (Å²) in [7, 11) is 1.59. The molecule has 2 rings (SSSR count). The zero-order chi connectivity index (χ0) is 15.2.